The molecule has 1 fully saturated rings. The van der Waals surface area contributed by atoms with Crippen LogP contribution in [0.2, 0.25) is 0 Å². The second-order valence-electron chi connectivity index (χ2n) is 4.47. The lowest BCUT2D eigenvalue weighted by atomic mass is 10.2. The fourth-order valence-electron chi connectivity index (χ4n) is 1.78. The Hall–Kier alpha value is -0.220. The van der Waals surface area contributed by atoms with Crippen LogP contribution in [0.1, 0.15) is 33.1 Å². The average molecular weight is 244 g/mol. The van der Waals surface area contributed by atoms with Gasteiger partial charge in [-0.25, -0.2) is 0 Å². The SMILES string of the molecule is CCN(C(=O)CNC(C)CCSC)C1CC1. The normalized spacial score (nSPS) is 17.2. The Kier molecular flexibility index (Phi) is 6.21. The highest BCUT2D eigenvalue weighted by Crippen LogP contribution is 2.26. The van der Waals surface area contributed by atoms with Crippen molar-refractivity contribution in [2.45, 2.75) is 45.2 Å². The molecule has 0 radical (unpaired) electrons. The number of likely N-dealkylation sites (N-methyl/N-ethyl adjacent to an activating group) is 1. The van der Waals surface area contributed by atoms with Crippen molar-refractivity contribution in [3.05, 3.63) is 0 Å². The summed E-state index contributed by atoms with van der Waals surface area (Å²) >= 11 is 1.85. The maximum absolute atomic E-state index is 11.9. The number of amides is 1. The third kappa shape index (κ3) is 4.74. The molecule has 1 unspecified atom stereocenters. The van der Waals surface area contributed by atoms with Gasteiger partial charge in [-0.05, 0) is 45.1 Å². The zero-order valence-electron chi connectivity index (χ0n) is 10.7. The quantitative estimate of drug-likeness (QED) is 0.706. The van der Waals surface area contributed by atoms with Crippen molar-refractivity contribution in [3.8, 4) is 0 Å². The average Bonchev–Trinajstić information content (AvgIpc) is 3.08. The first-order chi connectivity index (χ1) is 7.69. The van der Waals surface area contributed by atoms with Crippen molar-refractivity contribution >= 4 is 17.7 Å². The summed E-state index contributed by atoms with van der Waals surface area (Å²) in [5, 5.41) is 3.31. The fraction of sp³-hybridized carbons (Fsp3) is 0.917. The van der Waals surface area contributed by atoms with Crippen molar-refractivity contribution in [2.75, 3.05) is 25.1 Å². The summed E-state index contributed by atoms with van der Waals surface area (Å²) in [6.45, 7) is 5.56. The van der Waals surface area contributed by atoms with Crippen LogP contribution in [0, 0.1) is 0 Å². The smallest absolute Gasteiger partial charge is 0.236 e. The Morgan fingerprint density at radius 1 is 1.56 bits per heavy atom. The summed E-state index contributed by atoms with van der Waals surface area (Å²) in [5.41, 5.74) is 0. The number of rotatable bonds is 8. The topological polar surface area (TPSA) is 32.3 Å². The van der Waals surface area contributed by atoms with E-state index in [1.165, 1.54) is 12.8 Å². The van der Waals surface area contributed by atoms with E-state index in [0.29, 0.717) is 18.6 Å². The molecule has 0 aromatic carbocycles. The van der Waals surface area contributed by atoms with Crippen LogP contribution in [0.25, 0.3) is 0 Å². The largest absolute Gasteiger partial charge is 0.339 e. The molecule has 0 aliphatic heterocycles. The molecule has 0 heterocycles. The molecule has 1 atom stereocenters. The number of thioether (sulfide) groups is 1. The van der Waals surface area contributed by atoms with E-state index in [0.717, 1.165) is 18.7 Å². The molecule has 94 valence electrons. The molecule has 4 heteroatoms. The summed E-state index contributed by atoms with van der Waals surface area (Å²) in [6, 6.07) is 0.982. The molecule has 0 aromatic heterocycles. The van der Waals surface area contributed by atoms with Gasteiger partial charge in [-0.15, -0.1) is 0 Å². The van der Waals surface area contributed by atoms with Crippen molar-refractivity contribution in [1.82, 2.24) is 10.2 Å². The van der Waals surface area contributed by atoms with Gasteiger partial charge in [-0.2, -0.15) is 11.8 Å². The van der Waals surface area contributed by atoms with Crippen molar-refractivity contribution < 1.29 is 4.79 Å². The van der Waals surface area contributed by atoms with Gasteiger partial charge in [0.25, 0.3) is 0 Å². The first-order valence-electron chi connectivity index (χ1n) is 6.20. The van der Waals surface area contributed by atoms with E-state index in [-0.39, 0.29) is 5.91 Å². The summed E-state index contributed by atoms with van der Waals surface area (Å²) < 4.78 is 0. The molecule has 1 saturated carbocycles. The number of carbonyl (C=O) groups is 1. The van der Waals surface area contributed by atoms with E-state index in [2.05, 4.69) is 25.4 Å². The Bertz CT molecular complexity index is 219. The van der Waals surface area contributed by atoms with Crippen LogP contribution in [0.4, 0.5) is 0 Å². The van der Waals surface area contributed by atoms with E-state index < -0.39 is 0 Å². The second-order valence-corrected chi connectivity index (χ2v) is 5.46. The number of hydrogen-bond donors (Lipinski definition) is 1. The number of carbonyl (C=O) groups excluding carboxylic acids is 1. The van der Waals surface area contributed by atoms with Gasteiger partial charge in [0.2, 0.25) is 5.91 Å². The van der Waals surface area contributed by atoms with Crippen molar-refractivity contribution in [3.63, 3.8) is 0 Å². The minimum atomic E-state index is 0.265. The Balaban J connectivity index is 2.17. The molecule has 1 aliphatic rings. The summed E-state index contributed by atoms with van der Waals surface area (Å²) in [5.74, 6) is 1.42. The molecule has 0 bridgehead atoms. The van der Waals surface area contributed by atoms with Gasteiger partial charge in [0.15, 0.2) is 0 Å². The highest BCUT2D eigenvalue weighted by Gasteiger charge is 2.30. The van der Waals surface area contributed by atoms with Crippen LogP contribution < -0.4 is 5.32 Å². The Morgan fingerprint density at radius 3 is 2.75 bits per heavy atom. The molecular weight excluding hydrogens is 220 g/mol. The molecule has 3 nitrogen and oxygen atoms in total. The van der Waals surface area contributed by atoms with Gasteiger partial charge in [-0.3, -0.25) is 4.79 Å². The van der Waals surface area contributed by atoms with Crippen LogP contribution in [-0.2, 0) is 4.79 Å². The van der Waals surface area contributed by atoms with Crippen LogP contribution in [0.3, 0.4) is 0 Å². The Labute approximate surface area is 103 Å². The van der Waals surface area contributed by atoms with E-state index in [1.54, 1.807) is 0 Å². The maximum atomic E-state index is 11.9. The molecule has 0 aromatic rings. The van der Waals surface area contributed by atoms with E-state index in [1.807, 2.05) is 16.7 Å². The monoisotopic (exact) mass is 244 g/mol. The standard InChI is InChI=1S/C12H24N2OS/c1-4-14(11-5-6-11)12(15)9-13-10(2)7-8-16-3/h10-11,13H,4-9H2,1-3H3. The van der Waals surface area contributed by atoms with Crippen LogP contribution in [0.15, 0.2) is 0 Å². The van der Waals surface area contributed by atoms with Gasteiger partial charge in [-0.1, -0.05) is 0 Å². The van der Waals surface area contributed by atoms with Gasteiger partial charge >= 0.3 is 0 Å². The fourth-order valence-corrected chi connectivity index (χ4v) is 2.37. The van der Waals surface area contributed by atoms with Crippen LogP contribution in [0.5, 0.6) is 0 Å². The first-order valence-corrected chi connectivity index (χ1v) is 7.60. The lowest BCUT2D eigenvalue weighted by Gasteiger charge is -2.22. The summed E-state index contributed by atoms with van der Waals surface area (Å²) in [4.78, 5) is 13.9. The lowest BCUT2D eigenvalue weighted by Crippen LogP contribution is -2.42. The van der Waals surface area contributed by atoms with E-state index in [9.17, 15) is 4.79 Å². The van der Waals surface area contributed by atoms with Gasteiger partial charge < -0.3 is 10.2 Å². The number of nitrogens with zero attached hydrogens (tertiary/aromatic N) is 1. The predicted octanol–water partition coefficient (Wildman–Crippen LogP) is 1.73. The van der Waals surface area contributed by atoms with E-state index in [4.69, 9.17) is 0 Å². The second kappa shape index (κ2) is 7.17. The van der Waals surface area contributed by atoms with Gasteiger partial charge in [0, 0.05) is 18.6 Å². The van der Waals surface area contributed by atoms with Gasteiger partial charge in [0.1, 0.15) is 0 Å². The van der Waals surface area contributed by atoms with Gasteiger partial charge in [0.05, 0.1) is 6.54 Å². The number of nitrogens with one attached hydrogen (secondary N) is 1. The third-order valence-corrected chi connectivity index (χ3v) is 3.65. The summed E-state index contributed by atoms with van der Waals surface area (Å²) in [7, 11) is 0. The number of hydrogen-bond acceptors (Lipinski definition) is 3. The van der Waals surface area contributed by atoms with Crippen LogP contribution >= 0.6 is 11.8 Å². The lowest BCUT2D eigenvalue weighted by molar-refractivity contribution is -0.130. The highest BCUT2D eigenvalue weighted by atomic mass is 32.2. The minimum absolute atomic E-state index is 0.265. The molecule has 1 N–H and O–H groups in total. The Morgan fingerprint density at radius 2 is 2.25 bits per heavy atom. The minimum Gasteiger partial charge on any atom is -0.339 e. The third-order valence-electron chi connectivity index (χ3n) is 3.01. The van der Waals surface area contributed by atoms with Crippen molar-refractivity contribution in [1.29, 1.82) is 0 Å². The molecule has 1 amide bonds. The molecule has 1 aliphatic carbocycles. The molecular formula is C12H24N2OS. The molecule has 0 saturated heterocycles. The van der Waals surface area contributed by atoms with Crippen molar-refractivity contribution in [2.24, 2.45) is 0 Å². The maximum Gasteiger partial charge on any atom is 0.236 e. The summed E-state index contributed by atoms with van der Waals surface area (Å²) in [6.07, 6.45) is 5.64. The highest BCUT2D eigenvalue weighted by molar-refractivity contribution is 7.98. The van der Waals surface area contributed by atoms with E-state index >= 15 is 0 Å². The molecule has 16 heavy (non-hydrogen) atoms. The zero-order valence-corrected chi connectivity index (χ0v) is 11.5. The molecule has 1 rings (SSSR count). The predicted molar refractivity (Wildman–Crippen MR) is 70.9 cm³/mol. The first kappa shape index (κ1) is 13.8. The molecule has 0 spiro atoms. The van der Waals surface area contributed by atoms with Crippen LogP contribution in [-0.4, -0.2) is 48.0 Å². The zero-order chi connectivity index (χ0) is 12.0.